The van der Waals surface area contributed by atoms with E-state index in [0.717, 1.165) is 18.4 Å². The number of hydrogen-bond donors (Lipinski definition) is 2. The van der Waals surface area contributed by atoms with E-state index in [1.165, 1.54) is 6.07 Å². The van der Waals surface area contributed by atoms with E-state index < -0.39 is 5.82 Å². The van der Waals surface area contributed by atoms with Crippen molar-refractivity contribution in [3.05, 3.63) is 34.6 Å². The van der Waals surface area contributed by atoms with Gasteiger partial charge in [0, 0.05) is 25.3 Å². The number of benzene rings is 1. The first-order valence-electron chi connectivity index (χ1n) is 6.03. The molecule has 0 radical (unpaired) electrons. The Hall–Kier alpha value is -0.680. The van der Waals surface area contributed by atoms with Crippen molar-refractivity contribution < 1.29 is 14.2 Å². The Balaban J connectivity index is 1.98. The topological polar surface area (TPSA) is 41.5 Å². The highest BCUT2D eigenvalue weighted by Gasteiger charge is 2.31. The van der Waals surface area contributed by atoms with Crippen LogP contribution in [0, 0.1) is 5.82 Å². The molecule has 0 spiro atoms. The van der Waals surface area contributed by atoms with Gasteiger partial charge in [0.05, 0.1) is 11.6 Å². The fraction of sp³-hybridized carbons (Fsp3) is 0.538. The molecule has 1 aromatic carbocycles. The van der Waals surface area contributed by atoms with Gasteiger partial charge in [-0.05, 0) is 30.5 Å². The van der Waals surface area contributed by atoms with Crippen molar-refractivity contribution in [1.29, 1.82) is 0 Å². The Kier molecular flexibility index (Phi) is 4.56. The van der Waals surface area contributed by atoms with Gasteiger partial charge in [0.25, 0.3) is 0 Å². The SMILES string of the molecule is OCC1(NCc2ccc(F)c(Cl)c2)CCOCC1. The molecule has 1 aromatic rings. The number of rotatable bonds is 4. The maximum Gasteiger partial charge on any atom is 0.141 e. The van der Waals surface area contributed by atoms with Crippen molar-refractivity contribution in [2.75, 3.05) is 19.8 Å². The number of ether oxygens (including phenoxy) is 1. The maximum atomic E-state index is 13.0. The van der Waals surface area contributed by atoms with E-state index in [1.807, 2.05) is 0 Å². The predicted molar refractivity (Wildman–Crippen MR) is 68.1 cm³/mol. The predicted octanol–water partition coefficient (Wildman–Crippen LogP) is 2.11. The quantitative estimate of drug-likeness (QED) is 0.883. The lowest BCUT2D eigenvalue weighted by Crippen LogP contribution is -2.51. The summed E-state index contributed by atoms with van der Waals surface area (Å²) < 4.78 is 18.3. The minimum Gasteiger partial charge on any atom is -0.394 e. The second-order valence-electron chi connectivity index (χ2n) is 4.65. The summed E-state index contributed by atoms with van der Waals surface area (Å²) >= 11 is 5.73. The minimum absolute atomic E-state index is 0.0747. The summed E-state index contributed by atoms with van der Waals surface area (Å²) in [4.78, 5) is 0. The molecule has 0 aromatic heterocycles. The molecule has 0 unspecified atom stereocenters. The molecule has 100 valence electrons. The highest BCUT2D eigenvalue weighted by molar-refractivity contribution is 6.30. The molecule has 3 nitrogen and oxygen atoms in total. The van der Waals surface area contributed by atoms with Gasteiger partial charge >= 0.3 is 0 Å². The lowest BCUT2D eigenvalue weighted by Gasteiger charge is -2.36. The Morgan fingerprint density at radius 1 is 1.39 bits per heavy atom. The number of nitrogens with one attached hydrogen (secondary N) is 1. The van der Waals surface area contributed by atoms with Gasteiger partial charge in [-0.2, -0.15) is 0 Å². The van der Waals surface area contributed by atoms with E-state index in [-0.39, 0.29) is 17.2 Å². The fourth-order valence-corrected chi connectivity index (χ4v) is 2.30. The van der Waals surface area contributed by atoms with Crippen molar-refractivity contribution >= 4 is 11.6 Å². The molecule has 0 aliphatic carbocycles. The van der Waals surface area contributed by atoms with Gasteiger partial charge in [0.1, 0.15) is 5.82 Å². The van der Waals surface area contributed by atoms with E-state index in [0.29, 0.717) is 19.8 Å². The van der Waals surface area contributed by atoms with Crippen LogP contribution in [-0.2, 0) is 11.3 Å². The third kappa shape index (κ3) is 3.20. The average Bonchev–Trinajstić information content (AvgIpc) is 2.41. The van der Waals surface area contributed by atoms with Crippen molar-refractivity contribution in [1.82, 2.24) is 5.32 Å². The minimum atomic E-state index is -0.414. The van der Waals surface area contributed by atoms with Gasteiger partial charge in [0.2, 0.25) is 0 Å². The summed E-state index contributed by atoms with van der Waals surface area (Å²) in [6, 6.07) is 4.65. The molecule has 1 aliphatic heterocycles. The second kappa shape index (κ2) is 5.97. The second-order valence-corrected chi connectivity index (χ2v) is 5.06. The third-order valence-corrected chi connectivity index (χ3v) is 3.69. The molecule has 1 saturated heterocycles. The lowest BCUT2D eigenvalue weighted by molar-refractivity contribution is 0.0112. The normalized spacial score (nSPS) is 18.8. The zero-order valence-corrected chi connectivity index (χ0v) is 10.8. The van der Waals surface area contributed by atoms with Crippen molar-refractivity contribution in [3.63, 3.8) is 0 Å². The van der Waals surface area contributed by atoms with E-state index in [4.69, 9.17) is 16.3 Å². The van der Waals surface area contributed by atoms with Gasteiger partial charge in [0.15, 0.2) is 0 Å². The van der Waals surface area contributed by atoms with E-state index in [2.05, 4.69) is 5.32 Å². The molecule has 0 saturated carbocycles. The van der Waals surface area contributed by atoms with Gasteiger partial charge in [-0.1, -0.05) is 17.7 Å². The van der Waals surface area contributed by atoms with Crippen LogP contribution < -0.4 is 5.32 Å². The van der Waals surface area contributed by atoms with Crippen molar-refractivity contribution in [2.24, 2.45) is 0 Å². The highest BCUT2D eigenvalue weighted by Crippen LogP contribution is 2.22. The number of aliphatic hydroxyl groups is 1. The first-order chi connectivity index (χ1) is 8.65. The van der Waals surface area contributed by atoms with E-state index >= 15 is 0 Å². The van der Waals surface area contributed by atoms with Crippen LogP contribution in [0.2, 0.25) is 5.02 Å². The van der Waals surface area contributed by atoms with Crippen molar-refractivity contribution in [3.8, 4) is 0 Å². The molecular weight excluding hydrogens is 257 g/mol. The summed E-state index contributed by atoms with van der Waals surface area (Å²) in [6.45, 7) is 1.93. The largest absolute Gasteiger partial charge is 0.394 e. The standard InChI is InChI=1S/C13H17ClFNO2/c14-11-7-10(1-2-12(11)15)8-16-13(9-17)3-5-18-6-4-13/h1-2,7,16-17H,3-6,8-9H2. The zero-order valence-electron chi connectivity index (χ0n) is 10.1. The lowest BCUT2D eigenvalue weighted by atomic mass is 9.91. The average molecular weight is 274 g/mol. The number of halogens is 2. The summed E-state index contributed by atoms with van der Waals surface area (Å²) in [7, 11) is 0. The maximum absolute atomic E-state index is 13.0. The highest BCUT2D eigenvalue weighted by atomic mass is 35.5. The Bertz CT molecular complexity index is 408. The number of aliphatic hydroxyl groups excluding tert-OH is 1. The molecule has 1 aliphatic rings. The van der Waals surface area contributed by atoms with Gasteiger partial charge < -0.3 is 15.2 Å². The van der Waals surface area contributed by atoms with Crippen LogP contribution >= 0.6 is 11.6 Å². The Morgan fingerprint density at radius 3 is 2.72 bits per heavy atom. The first-order valence-corrected chi connectivity index (χ1v) is 6.41. The molecule has 1 fully saturated rings. The molecule has 2 rings (SSSR count). The van der Waals surface area contributed by atoms with Crippen LogP contribution in [0.1, 0.15) is 18.4 Å². The van der Waals surface area contributed by atoms with E-state index in [9.17, 15) is 9.50 Å². The van der Waals surface area contributed by atoms with Gasteiger partial charge in [-0.15, -0.1) is 0 Å². The molecule has 18 heavy (non-hydrogen) atoms. The van der Waals surface area contributed by atoms with Crippen LogP contribution in [0.15, 0.2) is 18.2 Å². The van der Waals surface area contributed by atoms with Crippen molar-refractivity contribution in [2.45, 2.75) is 24.9 Å². The summed E-state index contributed by atoms with van der Waals surface area (Å²) in [5, 5.41) is 13.0. The molecule has 0 amide bonds. The molecule has 5 heteroatoms. The third-order valence-electron chi connectivity index (χ3n) is 3.40. The molecule has 2 N–H and O–H groups in total. The Labute approximate surface area is 111 Å². The fourth-order valence-electron chi connectivity index (χ4n) is 2.09. The monoisotopic (exact) mass is 273 g/mol. The van der Waals surface area contributed by atoms with E-state index in [1.54, 1.807) is 12.1 Å². The summed E-state index contributed by atoms with van der Waals surface area (Å²) in [5.41, 5.74) is 0.611. The molecule has 0 atom stereocenters. The van der Waals surface area contributed by atoms with Crippen LogP contribution in [0.3, 0.4) is 0 Å². The van der Waals surface area contributed by atoms with Crippen LogP contribution in [0.25, 0.3) is 0 Å². The van der Waals surface area contributed by atoms with Gasteiger partial charge in [-0.25, -0.2) is 4.39 Å². The summed E-state index contributed by atoms with van der Waals surface area (Å²) in [6.07, 6.45) is 1.55. The van der Waals surface area contributed by atoms with Crippen LogP contribution in [-0.4, -0.2) is 30.5 Å². The van der Waals surface area contributed by atoms with Crippen LogP contribution in [0.5, 0.6) is 0 Å². The zero-order chi connectivity index (χ0) is 13.0. The molecule has 0 bridgehead atoms. The summed E-state index contributed by atoms with van der Waals surface area (Å²) in [5.74, 6) is -0.414. The molecule has 1 heterocycles. The van der Waals surface area contributed by atoms with Crippen LogP contribution in [0.4, 0.5) is 4.39 Å². The van der Waals surface area contributed by atoms with Gasteiger partial charge in [-0.3, -0.25) is 0 Å². The smallest absolute Gasteiger partial charge is 0.141 e. The Morgan fingerprint density at radius 2 is 2.11 bits per heavy atom. The number of hydrogen-bond acceptors (Lipinski definition) is 3. The first kappa shape index (κ1) is 13.7. The molecular formula is C13H17ClFNO2.